The number of rotatable bonds is 3. The average Bonchev–Trinajstić information content (AvgIpc) is 3.17. The number of hydrogen-bond acceptors (Lipinski definition) is 3. The van der Waals surface area contributed by atoms with Crippen LogP contribution in [0.3, 0.4) is 0 Å². The smallest absolute Gasteiger partial charge is 0.340 e. The molecule has 1 aliphatic rings. The lowest BCUT2D eigenvalue weighted by Crippen LogP contribution is -2.17. The Morgan fingerprint density at radius 1 is 1.04 bits per heavy atom. The van der Waals surface area contributed by atoms with Gasteiger partial charge in [0, 0.05) is 16.9 Å². The molecule has 5 nitrogen and oxygen atoms in total. The van der Waals surface area contributed by atoms with Crippen molar-refractivity contribution < 1.29 is 14.3 Å². The van der Waals surface area contributed by atoms with E-state index in [1.807, 2.05) is 62.4 Å². The number of aryl methyl sites for hydroxylation is 2. The summed E-state index contributed by atoms with van der Waals surface area (Å²) in [5.41, 5.74) is 6.23. The van der Waals surface area contributed by atoms with Gasteiger partial charge in [0.05, 0.1) is 24.3 Å². The van der Waals surface area contributed by atoms with Crippen molar-refractivity contribution in [2.24, 2.45) is 0 Å². The number of carbonyl (C=O) groups excluding carboxylic acids is 2. The summed E-state index contributed by atoms with van der Waals surface area (Å²) in [7, 11) is 1.35. The molecular weight excluding hydrogens is 340 g/mol. The van der Waals surface area contributed by atoms with Gasteiger partial charge in [-0.25, -0.2) is 4.79 Å². The molecule has 5 heteroatoms. The fraction of sp³-hybridized carbons (Fsp3) is 0.182. The molecule has 0 radical (unpaired) electrons. The Balaban J connectivity index is 1.99. The van der Waals surface area contributed by atoms with Crippen molar-refractivity contribution in [3.05, 3.63) is 76.5 Å². The molecule has 1 aromatic heterocycles. The molecule has 27 heavy (non-hydrogen) atoms. The van der Waals surface area contributed by atoms with E-state index in [0.29, 0.717) is 16.8 Å². The summed E-state index contributed by atoms with van der Waals surface area (Å²) in [6, 6.07) is 15.6. The highest BCUT2D eigenvalue weighted by Crippen LogP contribution is 2.43. The Kier molecular flexibility index (Phi) is 4.07. The predicted molar refractivity (Wildman–Crippen MR) is 104 cm³/mol. The first-order valence-electron chi connectivity index (χ1n) is 8.79. The van der Waals surface area contributed by atoms with Gasteiger partial charge in [0.1, 0.15) is 0 Å². The van der Waals surface area contributed by atoms with E-state index in [2.05, 4.69) is 10.3 Å². The van der Waals surface area contributed by atoms with Gasteiger partial charge in [0.25, 0.3) is 0 Å². The first-order chi connectivity index (χ1) is 13.0. The van der Waals surface area contributed by atoms with Crippen molar-refractivity contribution in [1.29, 1.82) is 0 Å². The van der Waals surface area contributed by atoms with E-state index in [0.717, 1.165) is 28.1 Å². The Morgan fingerprint density at radius 3 is 2.44 bits per heavy atom. The van der Waals surface area contributed by atoms with Crippen LogP contribution in [-0.4, -0.2) is 24.0 Å². The lowest BCUT2D eigenvalue weighted by Gasteiger charge is -2.13. The predicted octanol–water partition coefficient (Wildman–Crippen LogP) is 4.17. The number of hydrogen-bond donors (Lipinski definition) is 2. The first-order valence-corrected chi connectivity index (χ1v) is 8.79. The number of carbonyl (C=O) groups is 2. The number of anilines is 1. The van der Waals surface area contributed by atoms with E-state index in [-0.39, 0.29) is 5.91 Å². The molecule has 0 saturated heterocycles. The zero-order valence-electron chi connectivity index (χ0n) is 15.4. The van der Waals surface area contributed by atoms with Crippen LogP contribution in [0.5, 0.6) is 0 Å². The minimum atomic E-state index is -0.573. The van der Waals surface area contributed by atoms with Crippen LogP contribution in [0, 0.1) is 13.8 Å². The highest BCUT2D eigenvalue weighted by Gasteiger charge is 2.38. The van der Waals surface area contributed by atoms with Crippen LogP contribution < -0.4 is 5.32 Å². The van der Waals surface area contributed by atoms with Crippen LogP contribution >= 0.6 is 0 Å². The third kappa shape index (κ3) is 2.72. The highest BCUT2D eigenvalue weighted by molar-refractivity contribution is 6.08. The van der Waals surface area contributed by atoms with Gasteiger partial charge in [0.2, 0.25) is 5.91 Å². The Morgan fingerprint density at radius 2 is 1.74 bits per heavy atom. The van der Waals surface area contributed by atoms with Gasteiger partial charge >= 0.3 is 5.97 Å². The Labute approximate surface area is 157 Å². The minimum absolute atomic E-state index is 0.145. The maximum Gasteiger partial charge on any atom is 0.340 e. The van der Waals surface area contributed by atoms with E-state index in [4.69, 9.17) is 4.74 Å². The minimum Gasteiger partial charge on any atom is -0.465 e. The summed E-state index contributed by atoms with van der Waals surface area (Å²) in [5, 5.41) is 2.92. The van der Waals surface area contributed by atoms with Gasteiger partial charge in [-0.3, -0.25) is 4.79 Å². The maximum atomic E-state index is 12.9. The number of amides is 1. The SMILES string of the molecule is COC(=O)c1c(C)[nH]c(-c2ccc(C)cc2)c1[C@@H]1C(=O)Nc2ccccc21. The van der Waals surface area contributed by atoms with Crippen LogP contribution in [0.15, 0.2) is 48.5 Å². The molecule has 0 aliphatic carbocycles. The molecule has 136 valence electrons. The number of para-hydroxylation sites is 1. The second-order valence-corrected chi connectivity index (χ2v) is 6.78. The first kappa shape index (κ1) is 17.1. The molecule has 0 unspecified atom stereocenters. The number of methoxy groups -OCH3 is 1. The summed E-state index contributed by atoms with van der Waals surface area (Å²) in [5.74, 6) is -1.17. The van der Waals surface area contributed by atoms with Gasteiger partial charge in [-0.2, -0.15) is 0 Å². The van der Waals surface area contributed by atoms with Gasteiger partial charge in [-0.15, -0.1) is 0 Å². The van der Waals surface area contributed by atoms with Crippen molar-refractivity contribution in [3.8, 4) is 11.3 Å². The van der Waals surface area contributed by atoms with Gasteiger partial charge in [-0.05, 0) is 31.0 Å². The number of aromatic nitrogens is 1. The molecular formula is C22H20N2O3. The maximum absolute atomic E-state index is 12.9. The molecule has 0 saturated carbocycles. The molecule has 0 fully saturated rings. The highest BCUT2D eigenvalue weighted by atomic mass is 16.5. The number of H-pyrrole nitrogens is 1. The third-order valence-electron chi connectivity index (χ3n) is 5.04. The summed E-state index contributed by atoms with van der Waals surface area (Å²) >= 11 is 0. The van der Waals surface area contributed by atoms with E-state index in [1.165, 1.54) is 7.11 Å². The second-order valence-electron chi connectivity index (χ2n) is 6.78. The van der Waals surface area contributed by atoms with Crippen LogP contribution in [0.1, 0.15) is 38.7 Å². The van der Waals surface area contributed by atoms with Gasteiger partial charge in [-0.1, -0.05) is 48.0 Å². The number of aromatic amines is 1. The molecule has 2 heterocycles. The van der Waals surface area contributed by atoms with Gasteiger partial charge < -0.3 is 15.0 Å². The van der Waals surface area contributed by atoms with Crippen molar-refractivity contribution in [1.82, 2.24) is 4.98 Å². The summed E-state index contributed by atoms with van der Waals surface area (Å²) in [6.07, 6.45) is 0. The lowest BCUT2D eigenvalue weighted by atomic mass is 9.87. The van der Waals surface area contributed by atoms with Crippen LogP contribution in [0.4, 0.5) is 5.69 Å². The molecule has 0 spiro atoms. The van der Waals surface area contributed by atoms with Crippen LogP contribution in [0.25, 0.3) is 11.3 Å². The fourth-order valence-electron chi connectivity index (χ4n) is 3.74. The average molecular weight is 360 g/mol. The molecule has 1 aliphatic heterocycles. The number of nitrogens with one attached hydrogen (secondary N) is 2. The van der Waals surface area contributed by atoms with Crippen molar-refractivity contribution in [3.63, 3.8) is 0 Å². The van der Waals surface area contributed by atoms with E-state index < -0.39 is 11.9 Å². The van der Waals surface area contributed by atoms with Crippen LogP contribution in [0.2, 0.25) is 0 Å². The molecule has 3 aromatic rings. The van der Waals surface area contributed by atoms with Gasteiger partial charge in [0.15, 0.2) is 0 Å². The number of ether oxygens (including phenoxy) is 1. The zero-order chi connectivity index (χ0) is 19.1. The van der Waals surface area contributed by atoms with Crippen LogP contribution in [-0.2, 0) is 9.53 Å². The largest absolute Gasteiger partial charge is 0.465 e. The zero-order valence-corrected chi connectivity index (χ0v) is 15.4. The molecule has 2 N–H and O–H groups in total. The number of fused-ring (bicyclic) bond motifs is 1. The van der Waals surface area contributed by atoms with E-state index in [9.17, 15) is 9.59 Å². The Bertz CT molecular complexity index is 1050. The normalized spacial score (nSPS) is 15.4. The summed E-state index contributed by atoms with van der Waals surface area (Å²) < 4.78 is 5.02. The molecule has 0 bridgehead atoms. The summed E-state index contributed by atoms with van der Waals surface area (Å²) in [6.45, 7) is 3.84. The number of esters is 1. The fourth-order valence-corrected chi connectivity index (χ4v) is 3.74. The standard InChI is InChI=1S/C22H20N2O3/c1-12-8-10-14(11-9-12)20-19(17(13(2)23-20)22(26)27-3)18-15-6-4-5-7-16(15)24-21(18)25/h4-11,18,23H,1-3H3,(H,24,25)/t18-/m1/s1. The molecule has 4 rings (SSSR count). The lowest BCUT2D eigenvalue weighted by molar-refractivity contribution is -0.116. The summed E-state index contributed by atoms with van der Waals surface area (Å²) in [4.78, 5) is 28.7. The molecule has 2 aromatic carbocycles. The third-order valence-corrected chi connectivity index (χ3v) is 5.04. The van der Waals surface area contributed by atoms with E-state index in [1.54, 1.807) is 0 Å². The van der Waals surface area contributed by atoms with Crippen molar-refractivity contribution in [2.75, 3.05) is 12.4 Å². The Hall–Kier alpha value is -3.34. The quantitative estimate of drug-likeness (QED) is 0.689. The molecule has 1 amide bonds. The van der Waals surface area contributed by atoms with Crippen molar-refractivity contribution >= 4 is 17.6 Å². The molecule has 1 atom stereocenters. The number of benzene rings is 2. The van der Waals surface area contributed by atoms with Crippen molar-refractivity contribution in [2.45, 2.75) is 19.8 Å². The topological polar surface area (TPSA) is 71.2 Å². The van der Waals surface area contributed by atoms with E-state index >= 15 is 0 Å². The monoisotopic (exact) mass is 360 g/mol. The second kappa shape index (κ2) is 6.43.